The van der Waals surface area contributed by atoms with Gasteiger partial charge in [0.05, 0.1) is 25.8 Å². The average Bonchev–Trinajstić information content (AvgIpc) is 3.03. The van der Waals surface area contributed by atoms with Crippen LogP contribution in [0.2, 0.25) is 0 Å². The van der Waals surface area contributed by atoms with E-state index in [-0.39, 0.29) is 19.2 Å². The molecule has 1 saturated heterocycles. The van der Waals surface area contributed by atoms with E-state index in [1.807, 2.05) is 13.8 Å². The van der Waals surface area contributed by atoms with Gasteiger partial charge in [-0.25, -0.2) is 4.79 Å². The first-order valence-corrected chi connectivity index (χ1v) is 7.59. The number of amides is 2. The Labute approximate surface area is 127 Å². The average molecular weight is 312 g/mol. The monoisotopic (exact) mass is 312 g/mol. The second-order valence-electron chi connectivity index (χ2n) is 5.27. The first-order valence-electron chi connectivity index (χ1n) is 6.77. The predicted octanol–water partition coefficient (Wildman–Crippen LogP) is 1.61. The number of ether oxygens (including phenoxy) is 1. The third-order valence-corrected chi connectivity index (χ3v) is 4.97. The van der Waals surface area contributed by atoms with Crippen molar-refractivity contribution in [1.82, 2.24) is 10.2 Å². The van der Waals surface area contributed by atoms with Crippen molar-refractivity contribution in [3.05, 3.63) is 21.4 Å². The second kappa shape index (κ2) is 6.44. The topological polar surface area (TPSA) is 78.9 Å². The van der Waals surface area contributed by atoms with Crippen molar-refractivity contribution in [2.75, 3.05) is 20.3 Å². The number of hydrogen-bond acceptors (Lipinski definition) is 4. The molecule has 1 aromatic rings. The summed E-state index contributed by atoms with van der Waals surface area (Å²) in [5.41, 5.74) is 1.22. The maximum atomic E-state index is 12.1. The maximum absolute atomic E-state index is 12.1. The molecule has 2 amide bonds. The number of rotatable bonds is 4. The third-order valence-electron chi connectivity index (χ3n) is 3.82. The molecule has 0 radical (unpaired) electrons. The highest BCUT2D eigenvalue weighted by molar-refractivity contribution is 7.12. The maximum Gasteiger partial charge on any atom is 0.317 e. The van der Waals surface area contributed by atoms with E-state index in [9.17, 15) is 9.59 Å². The molecular formula is C14H20N2O4S. The van der Waals surface area contributed by atoms with Gasteiger partial charge in [-0.15, -0.1) is 11.3 Å². The minimum absolute atomic E-state index is 0.154. The lowest BCUT2D eigenvalue weighted by Gasteiger charge is -2.26. The van der Waals surface area contributed by atoms with Gasteiger partial charge in [-0.3, -0.25) is 4.79 Å². The number of nitrogens with one attached hydrogen (secondary N) is 1. The summed E-state index contributed by atoms with van der Waals surface area (Å²) in [4.78, 5) is 27.0. The van der Waals surface area contributed by atoms with Crippen LogP contribution < -0.4 is 5.32 Å². The summed E-state index contributed by atoms with van der Waals surface area (Å²) in [6.45, 7) is 4.95. The molecule has 21 heavy (non-hydrogen) atoms. The molecule has 7 heteroatoms. The number of hydrogen-bond donors (Lipinski definition) is 2. The summed E-state index contributed by atoms with van der Waals surface area (Å²) < 4.78 is 5.18. The Morgan fingerprint density at radius 1 is 1.48 bits per heavy atom. The molecule has 2 atom stereocenters. The normalized spacial score (nSPS) is 21.3. The third kappa shape index (κ3) is 3.54. The molecule has 2 rings (SSSR count). The van der Waals surface area contributed by atoms with E-state index in [0.29, 0.717) is 6.54 Å². The summed E-state index contributed by atoms with van der Waals surface area (Å²) in [6, 6.07) is 1.36. The second-order valence-corrected chi connectivity index (χ2v) is 6.61. The minimum Gasteiger partial charge on any atom is -0.481 e. The van der Waals surface area contributed by atoms with Crippen molar-refractivity contribution < 1.29 is 19.4 Å². The Kier molecular flexibility index (Phi) is 4.84. The van der Waals surface area contributed by atoms with Crippen LogP contribution in [0.3, 0.4) is 0 Å². The van der Waals surface area contributed by atoms with Crippen LogP contribution in [0, 0.1) is 19.8 Å². The summed E-state index contributed by atoms with van der Waals surface area (Å²) in [7, 11) is 1.61. The van der Waals surface area contributed by atoms with Gasteiger partial charge >= 0.3 is 12.0 Å². The van der Waals surface area contributed by atoms with E-state index in [1.165, 1.54) is 15.3 Å². The fourth-order valence-corrected chi connectivity index (χ4v) is 3.33. The Bertz CT molecular complexity index is 524. The molecule has 0 saturated carbocycles. The van der Waals surface area contributed by atoms with Crippen molar-refractivity contribution in [1.29, 1.82) is 0 Å². The molecule has 1 fully saturated rings. The van der Waals surface area contributed by atoms with Gasteiger partial charge in [-0.1, -0.05) is 0 Å². The number of likely N-dealkylation sites (N-methyl/N-ethyl adjacent to an activating group) is 1. The summed E-state index contributed by atoms with van der Waals surface area (Å²) in [5.74, 6) is -1.59. The number of aliphatic carboxylic acids is 1. The fourth-order valence-electron chi connectivity index (χ4n) is 2.34. The molecule has 2 heterocycles. The van der Waals surface area contributed by atoms with Gasteiger partial charge in [-0.05, 0) is 25.5 Å². The largest absolute Gasteiger partial charge is 0.481 e. The van der Waals surface area contributed by atoms with Crippen molar-refractivity contribution in [3.63, 3.8) is 0 Å². The summed E-state index contributed by atoms with van der Waals surface area (Å²) >= 11 is 1.65. The highest BCUT2D eigenvalue weighted by Gasteiger charge is 2.38. The molecule has 0 spiro atoms. The molecule has 6 nitrogen and oxygen atoms in total. The molecule has 1 aliphatic rings. The zero-order valence-electron chi connectivity index (χ0n) is 12.4. The van der Waals surface area contributed by atoms with E-state index in [1.54, 1.807) is 18.4 Å². The Morgan fingerprint density at radius 3 is 2.76 bits per heavy atom. The van der Waals surface area contributed by atoms with Crippen molar-refractivity contribution in [2.45, 2.75) is 26.4 Å². The van der Waals surface area contributed by atoms with E-state index in [2.05, 4.69) is 11.4 Å². The molecule has 0 aromatic carbocycles. The van der Waals surface area contributed by atoms with Crippen molar-refractivity contribution in [3.8, 4) is 0 Å². The number of nitrogens with zero attached hydrogens (tertiary/aromatic N) is 1. The van der Waals surface area contributed by atoms with E-state index in [4.69, 9.17) is 9.84 Å². The molecule has 2 N–H and O–H groups in total. The summed E-state index contributed by atoms with van der Waals surface area (Å²) in [5, 5.41) is 11.9. The van der Waals surface area contributed by atoms with Gasteiger partial charge in [0, 0.05) is 16.8 Å². The number of carboxylic acids is 1. The van der Waals surface area contributed by atoms with Gasteiger partial charge in [0.15, 0.2) is 0 Å². The highest BCUT2D eigenvalue weighted by Crippen LogP contribution is 2.21. The van der Waals surface area contributed by atoms with Gasteiger partial charge in [0.25, 0.3) is 0 Å². The number of thiophene rings is 1. The number of carbonyl (C=O) groups excluding carboxylic acids is 1. The van der Waals surface area contributed by atoms with Crippen LogP contribution in [0.25, 0.3) is 0 Å². The molecule has 116 valence electrons. The van der Waals surface area contributed by atoms with Crippen LogP contribution in [-0.4, -0.2) is 48.3 Å². The standard InChI is InChI=1S/C14H20N2O4S/c1-8-4-10(21-9(8)2)5-15-14(19)16(3)12-7-20-6-11(12)13(17)18/h4,11-12H,5-7H2,1-3H3,(H,15,19)(H,17,18). The van der Waals surface area contributed by atoms with Crippen molar-refractivity contribution in [2.24, 2.45) is 5.92 Å². The van der Waals surface area contributed by atoms with Gasteiger partial charge in [0.1, 0.15) is 5.92 Å². The fraction of sp³-hybridized carbons (Fsp3) is 0.571. The lowest BCUT2D eigenvalue weighted by Crippen LogP contribution is -2.48. The van der Waals surface area contributed by atoms with Crippen LogP contribution in [0.4, 0.5) is 4.79 Å². The smallest absolute Gasteiger partial charge is 0.317 e. The number of aryl methyl sites for hydroxylation is 2. The number of carbonyl (C=O) groups is 2. The predicted molar refractivity (Wildman–Crippen MR) is 79.5 cm³/mol. The van der Waals surface area contributed by atoms with Crippen molar-refractivity contribution >= 4 is 23.3 Å². The molecular weight excluding hydrogens is 292 g/mol. The molecule has 1 aliphatic heterocycles. The lowest BCUT2D eigenvalue weighted by atomic mass is 10.0. The first-order chi connectivity index (χ1) is 9.90. The quantitative estimate of drug-likeness (QED) is 0.885. The minimum atomic E-state index is -0.929. The van der Waals surface area contributed by atoms with Gasteiger partial charge in [-0.2, -0.15) is 0 Å². The van der Waals surface area contributed by atoms with Crippen LogP contribution in [0.15, 0.2) is 6.07 Å². The number of carboxylic acid groups (broad SMARTS) is 1. The zero-order valence-corrected chi connectivity index (χ0v) is 13.2. The summed E-state index contributed by atoms with van der Waals surface area (Å²) in [6.07, 6.45) is 0. The Morgan fingerprint density at radius 2 is 2.19 bits per heavy atom. The highest BCUT2D eigenvalue weighted by atomic mass is 32.1. The molecule has 1 aromatic heterocycles. The number of urea groups is 1. The Balaban J connectivity index is 1.92. The van der Waals surface area contributed by atoms with Crippen LogP contribution in [-0.2, 0) is 16.1 Å². The van der Waals surface area contributed by atoms with E-state index in [0.717, 1.165) is 4.88 Å². The van der Waals surface area contributed by atoms with Gasteiger partial charge in [0.2, 0.25) is 0 Å². The van der Waals surface area contributed by atoms with Crippen LogP contribution in [0.1, 0.15) is 15.3 Å². The SMILES string of the molecule is Cc1cc(CNC(=O)N(C)C2COCC2C(=O)O)sc1C. The molecule has 2 unspecified atom stereocenters. The van der Waals surface area contributed by atoms with Crippen LogP contribution in [0.5, 0.6) is 0 Å². The van der Waals surface area contributed by atoms with Crippen LogP contribution >= 0.6 is 11.3 Å². The van der Waals surface area contributed by atoms with E-state index < -0.39 is 17.9 Å². The first kappa shape index (κ1) is 15.8. The lowest BCUT2D eigenvalue weighted by molar-refractivity contribution is -0.142. The zero-order chi connectivity index (χ0) is 15.6. The molecule has 0 aliphatic carbocycles. The van der Waals surface area contributed by atoms with Gasteiger partial charge < -0.3 is 20.1 Å². The van der Waals surface area contributed by atoms with E-state index >= 15 is 0 Å². The Hall–Kier alpha value is -1.60. The molecule has 0 bridgehead atoms.